The monoisotopic (exact) mass is 322 g/mol. The highest BCUT2D eigenvalue weighted by atomic mass is 32.2. The highest BCUT2D eigenvalue weighted by Gasteiger charge is 2.30. The summed E-state index contributed by atoms with van der Waals surface area (Å²) in [4.78, 5) is 18.3. The number of rotatable bonds is 3. The van der Waals surface area contributed by atoms with E-state index in [1.165, 1.54) is 24.4 Å². The van der Waals surface area contributed by atoms with Crippen LogP contribution in [0.2, 0.25) is 0 Å². The summed E-state index contributed by atoms with van der Waals surface area (Å²) >= 11 is 0. The number of hydrogen-bond donors (Lipinski definition) is 1. The van der Waals surface area contributed by atoms with Crippen LogP contribution < -0.4 is 5.32 Å². The summed E-state index contributed by atoms with van der Waals surface area (Å²) < 4.78 is 25.1. The van der Waals surface area contributed by atoms with Crippen molar-refractivity contribution in [2.24, 2.45) is 0 Å². The minimum absolute atomic E-state index is 0.0810. The van der Waals surface area contributed by atoms with Crippen molar-refractivity contribution >= 4 is 26.6 Å². The Morgan fingerprint density at radius 1 is 1.32 bits per heavy atom. The molecule has 0 radical (unpaired) electrons. The van der Waals surface area contributed by atoms with Crippen LogP contribution >= 0.6 is 0 Å². The number of piperidine rings is 1. The van der Waals surface area contributed by atoms with Crippen molar-refractivity contribution in [2.75, 3.05) is 13.1 Å². The summed E-state index contributed by atoms with van der Waals surface area (Å²) in [7, 11) is -3.55. The Hall–Kier alpha value is -2.13. The number of nitro groups is 1. The quantitative estimate of drug-likeness (QED) is 0.663. The Bertz CT molecular complexity index is 831. The predicted octanol–water partition coefficient (Wildman–Crippen LogP) is 1.06. The molecular weight excluding hydrogens is 308 g/mol. The van der Waals surface area contributed by atoms with Crippen LogP contribution in [-0.2, 0) is 9.84 Å². The van der Waals surface area contributed by atoms with Gasteiger partial charge in [0.2, 0.25) is 9.84 Å². The highest BCUT2D eigenvalue weighted by molar-refractivity contribution is 7.92. The first-order valence-electron chi connectivity index (χ1n) is 6.84. The zero-order valence-corrected chi connectivity index (χ0v) is 12.4. The average molecular weight is 322 g/mol. The van der Waals surface area contributed by atoms with E-state index in [4.69, 9.17) is 0 Å². The first kappa shape index (κ1) is 14.8. The molecule has 1 aromatic heterocycles. The Labute approximate surface area is 126 Å². The smallest absolute Gasteiger partial charge is 0.271 e. The van der Waals surface area contributed by atoms with Gasteiger partial charge in [-0.2, -0.15) is 0 Å². The van der Waals surface area contributed by atoms with E-state index in [0.717, 1.165) is 13.0 Å². The van der Waals surface area contributed by atoms with Crippen LogP contribution in [-0.4, -0.2) is 41.6 Å². The van der Waals surface area contributed by atoms with Gasteiger partial charge in [0.05, 0.1) is 27.4 Å². The van der Waals surface area contributed by atoms with E-state index >= 15 is 0 Å². The lowest BCUT2D eigenvalue weighted by atomic mass is 10.2. The van der Waals surface area contributed by atoms with Crippen molar-refractivity contribution in [1.82, 2.24) is 15.3 Å². The van der Waals surface area contributed by atoms with Crippen molar-refractivity contribution < 1.29 is 13.3 Å². The molecule has 1 aromatic carbocycles. The minimum atomic E-state index is -3.55. The predicted molar refractivity (Wildman–Crippen MR) is 79.3 cm³/mol. The Morgan fingerprint density at radius 3 is 2.82 bits per heavy atom. The molecular formula is C13H14N4O4S. The van der Waals surface area contributed by atoms with Crippen LogP contribution in [0, 0.1) is 10.1 Å². The number of aromatic nitrogens is 2. The zero-order valence-electron chi connectivity index (χ0n) is 11.6. The maximum absolute atomic E-state index is 12.6. The van der Waals surface area contributed by atoms with Gasteiger partial charge in [0, 0.05) is 18.7 Å². The van der Waals surface area contributed by atoms with Gasteiger partial charge in [-0.15, -0.1) is 0 Å². The Balaban J connectivity index is 2.01. The third kappa shape index (κ3) is 2.64. The molecule has 3 rings (SSSR count). The van der Waals surface area contributed by atoms with Crippen molar-refractivity contribution in [3.8, 4) is 0 Å². The van der Waals surface area contributed by atoms with E-state index in [-0.39, 0.29) is 10.7 Å². The molecule has 0 amide bonds. The first-order valence-corrected chi connectivity index (χ1v) is 8.39. The van der Waals surface area contributed by atoms with Crippen LogP contribution in [0.15, 0.2) is 29.4 Å². The van der Waals surface area contributed by atoms with E-state index in [9.17, 15) is 18.5 Å². The van der Waals surface area contributed by atoms with Crippen molar-refractivity contribution in [1.29, 1.82) is 0 Å². The fourth-order valence-corrected chi connectivity index (χ4v) is 4.07. The molecule has 0 saturated carbocycles. The number of hydrogen-bond acceptors (Lipinski definition) is 7. The van der Waals surface area contributed by atoms with Crippen molar-refractivity contribution in [3.05, 3.63) is 34.5 Å². The lowest BCUT2D eigenvalue weighted by molar-refractivity contribution is -0.384. The third-order valence-corrected chi connectivity index (χ3v) is 5.76. The standard InChI is InChI=1S/C13H14N4O4S/c18-17(19)9-3-4-11-12(6-9)15-8-13(16-11)22(20,21)10-2-1-5-14-7-10/h3-4,6,8,10,14H,1-2,5,7H2/t10-/m0/s1. The summed E-state index contributed by atoms with van der Waals surface area (Å²) in [5.74, 6) is 0. The molecule has 8 nitrogen and oxygen atoms in total. The topological polar surface area (TPSA) is 115 Å². The molecule has 116 valence electrons. The number of benzene rings is 1. The normalized spacial score (nSPS) is 19.2. The molecule has 0 unspecified atom stereocenters. The van der Waals surface area contributed by atoms with E-state index < -0.39 is 20.0 Å². The summed E-state index contributed by atoms with van der Waals surface area (Å²) in [6.45, 7) is 1.22. The van der Waals surface area contributed by atoms with Gasteiger partial charge in [0.15, 0.2) is 5.03 Å². The number of nitrogens with one attached hydrogen (secondary N) is 1. The average Bonchev–Trinajstić information content (AvgIpc) is 2.54. The molecule has 1 saturated heterocycles. The van der Waals surface area contributed by atoms with E-state index in [0.29, 0.717) is 24.0 Å². The summed E-state index contributed by atoms with van der Waals surface area (Å²) in [5, 5.41) is 13.2. The maximum atomic E-state index is 12.6. The molecule has 1 N–H and O–H groups in total. The van der Waals surface area contributed by atoms with Gasteiger partial charge in [0.25, 0.3) is 5.69 Å². The minimum Gasteiger partial charge on any atom is -0.315 e. The van der Waals surface area contributed by atoms with Crippen LogP contribution in [0.5, 0.6) is 0 Å². The van der Waals surface area contributed by atoms with Gasteiger partial charge in [-0.1, -0.05) is 0 Å². The van der Waals surface area contributed by atoms with Gasteiger partial charge in [0.1, 0.15) is 0 Å². The number of nitrogens with zero attached hydrogens (tertiary/aromatic N) is 3. The largest absolute Gasteiger partial charge is 0.315 e. The van der Waals surface area contributed by atoms with Gasteiger partial charge in [-0.25, -0.2) is 13.4 Å². The zero-order chi connectivity index (χ0) is 15.7. The van der Waals surface area contributed by atoms with Crippen LogP contribution in [0.1, 0.15) is 12.8 Å². The Morgan fingerprint density at radius 2 is 2.14 bits per heavy atom. The van der Waals surface area contributed by atoms with Crippen LogP contribution in [0.3, 0.4) is 0 Å². The van der Waals surface area contributed by atoms with E-state index in [2.05, 4.69) is 15.3 Å². The lowest BCUT2D eigenvalue weighted by Gasteiger charge is -2.22. The molecule has 2 aromatic rings. The van der Waals surface area contributed by atoms with Crippen molar-refractivity contribution in [3.63, 3.8) is 0 Å². The molecule has 22 heavy (non-hydrogen) atoms. The van der Waals surface area contributed by atoms with Crippen LogP contribution in [0.25, 0.3) is 11.0 Å². The maximum Gasteiger partial charge on any atom is 0.271 e. The molecule has 1 atom stereocenters. The number of nitro benzene ring substituents is 1. The van der Waals surface area contributed by atoms with Gasteiger partial charge in [-0.3, -0.25) is 15.1 Å². The van der Waals surface area contributed by atoms with Gasteiger partial charge >= 0.3 is 0 Å². The number of sulfone groups is 1. The lowest BCUT2D eigenvalue weighted by Crippen LogP contribution is -2.39. The summed E-state index contributed by atoms with van der Waals surface area (Å²) in [6, 6.07) is 3.98. The molecule has 2 heterocycles. The number of fused-ring (bicyclic) bond motifs is 1. The second-order valence-corrected chi connectivity index (χ2v) is 7.33. The second kappa shape index (κ2) is 5.58. The molecule has 0 aliphatic carbocycles. The molecule has 0 bridgehead atoms. The summed E-state index contributed by atoms with van der Waals surface area (Å²) in [5.41, 5.74) is 0.527. The summed E-state index contributed by atoms with van der Waals surface area (Å²) in [6.07, 6.45) is 2.57. The Kier molecular flexibility index (Phi) is 3.75. The second-order valence-electron chi connectivity index (χ2n) is 5.15. The van der Waals surface area contributed by atoms with E-state index in [1.807, 2.05) is 0 Å². The molecule has 9 heteroatoms. The SMILES string of the molecule is O=[N+]([O-])c1ccc2nc(S(=O)(=O)[C@H]3CCCNC3)cnc2c1. The number of non-ortho nitro benzene ring substituents is 1. The first-order chi connectivity index (χ1) is 10.5. The van der Waals surface area contributed by atoms with Gasteiger partial charge in [-0.05, 0) is 25.5 Å². The molecule has 0 spiro atoms. The molecule has 1 fully saturated rings. The van der Waals surface area contributed by atoms with Gasteiger partial charge < -0.3 is 5.32 Å². The van der Waals surface area contributed by atoms with E-state index in [1.54, 1.807) is 0 Å². The fraction of sp³-hybridized carbons (Fsp3) is 0.385. The van der Waals surface area contributed by atoms with Crippen LogP contribution in [0.4, 0.5) is 5.69 Å². The fourth-order valence-electron chi connectivity index (χ4n) is 2.49. The molecule has 1 aliphatic rings. The third-order valence-electron chi connectivity index (χ3n) is 3.70. The highest BCUT2D eigenvalue weighted by Crippen LogP contribution is 2.22. The molecule has 1 aliphatic heterocycles. The van der Waals surface area contributed by atoms with Crippen molar-refractivity contribution in [2.45, 2.75) is 23.1 Å².